The second-order valence-corrected chi connectivity index (χ2v) is 5.73. The third-order valence-electron chi connectivity index (χ3n) is 4.17. The lowest BCUT2D eigenvalue weighted by Crippen LogP contribution is -2.29. The number of benzene rings is 1. The summed E-state index contributed by atoms with van der Waals surface area (Å²) in [6.45, 7) is 1.91. The Labute approximate surface area is 139 Å². The van der Waals surface area contributed by atoms with E-state index in [4.69, 9.17) is 4.42 Å². The van der Waals surface area contributed by atoms with Gasteiger partial charge in [0.05, 0.1) is 23.2 Å². The van der Waals surface area contributed by atoms with Crippen molar-refractivity contribution < 1.29 is 9.21 Å². The molecule has 0 saturated carbocycles. The molecule has 124 valence electrons. The number of furan rings is 1. The van der Waals surface area contributed by atoms with Gasteiger partial charge in [0.25, 0.3) is 5.56 Å². The van der Waals surface area contributed by atoms with Gasteiger partial charge >= 0.3 is 0 Å². The van der Waals surface area contributed by atoms with E-state index < -0.39 is 0 Å². The SMILES string of the molecule is CC(c1ccco1)N(C)C(=O)CCc1nc2ccccc2c(=O)[nH]1. The lowest BCUT2D eigenvalue weighted by molar-refractivity contribution is -0.132. The van der Waals surface area contributed by atoms with E-state index in [1.165, 1.54) is 0 Å². The number of hydrogen-bond donors (Lipinski definition) is 1. The van der Waals surface area contributed by atoms with Crippen molar-refractivity contribution in [1.29, 1.82) is 0 Å². The zero-order valence-corrected chi connectivity index (χ0v) is 13.7. The van der Waals surface area contributed by atoms with Crippen LogP contribution >= 0.6 is 0 Å². The maximum atomic E-state index is 12.4. The second-order valence-electron chi connectivity index (χ2n) is 5.73. The van der Waals surface area contributed by atoms with Gasteiger partial charge in [0.2, 0.25) is 5.91 Å². The zero-order valence-electron chi connectivity index (χ0n) is 13.7. The Balaban J connectivity index is 1.69. The predicted molar refractivity (Wildman–Crippen MR) is 90.6 cm³/mol. The van der Waals surface area contributed by atoms with Crippen molar-refractivity contribution in [3.63, 3.8) is 0 Å². The number of nitrogens with one attached hydrogen (secondary N) is 1. The molecule has 3 rings (SSSR count). The Morgan fingerprint density at radius 2 is 2.08 bits per heavy atom. The number of fused-ring (bicyclic) bond motifs is 1. The number of aryl methyl sites for hydroxylation is 1. The van der Waals surface area contributed by atoms with Gasteiger partial charge in [-0.2, -0.15) is 0 Å². The summed E-state index contributed by atoms with van der Waals surface area (Å²) >= 11 is 0. The fourth-order valence-electron chi connectivity index (χ4n) is 2.59. The van der Waals surface area contributed by atoms with Crippen LogP contribution in [-0.2, 0) is 11.2 Å². The Bertz CT molecular complexity index is 899. The average Bonchev–Trinajstić information content (AvgIpc) is 3.13. The number of carbonyl (C=O) groups is 1. The van der Waals surface area contributed by atoms with Crippen LogP contribution in [-0.4, -0.2) is 27.8 Å². The molecule has 2 aromatic heterocycles. The monoisotopic (exact) mass is 325 g/mol. The van der Waals surface area contributed by atoms with Gasteiger partial charge in [-0.15, -0.1) is 0 Å². The molecule has 0 fully saturated rings. The van der Waals surface area contributed by atoms with Gasteiger partial charge < -0.3 is 14.3 Å². The first kappa shape index (κ1) is 16.0. The van der Waals surface area contributed by atoms with E-state index in [1.807, 2.05) is 19.1 Å². The highest BCUT2D eigenvalue weighted by Gasteiger charge is 2.19. The highest BCUT2D eigenvalue weighted by molar-refractivity contribution is 5.78. The van der Waals surface area contributed by atoms with Crippen molar-refractivity contribution in [1.82, 2.24) is 14.9 Å². The van der Waals surface area contributed by atoms with E-state index in [2.05, 4.69) is 9.97 Å². The van der Waals surface area contributed by atoms with Crippen LogP contribution in [0.15, 0.2) is 51.9 Å². The lowest BCUT2D eigenvalue weighted by atomic mass is 10.2. The Hall–Kier alpha value is -2.89. The summed E-state index contributed by atoms with van der Waals surface area (Å²) in [7, 11) is 1.74. The summed E-state index contributed by atoms with van der Waals surface area (Å²) < 4.78 is 5.34. The number of H-pyrrole nitrogens is 1. The van der Waals surface area contributed by atoms with Crippen molar-refractivity contribution in [2.45, 2.75) is 25.8 Å². The molecule has 0 radical (unpaired) electrons. The highest BCUT2D eigenvalue weighted by Crippen LogP contribution is 2.19. The maximum absolute atomic E-state index is 12.4. The Morgan fingerprint density at radius 3 is 2.83 bits per heavy atom. The molecule has 0 aliphatic rings. The van der Waals surface area contributed by atoms with Crippen LogP contribution in [0.2, 0.25) is 0 Å². The first-order valence-corrected chi connectivity index (χ1v) is 7.83. The van der Waals surface area contributed by atoms with Crippen LogP contribution in [0.1, 0.15) is 31.0 Å². The van der Waals surface area contributed by atoms with Gasteiger partial charge in [-0.25, -0.2) is 4.98 Å². The van der Waals surface area contributed by atoms with Gasteiger partial charge in [0.1, 0.15) is 11.6 Å². The van der Waals surface area contributed by atoms with Crippen LogP contribution < -0.4 is 5.56 Å². The molecule has 0 spiro atoms. The molecule has 1 unspecified atom stereocenters. The fraction of sp³-hybridized carbons (Fsp3) is 0.278. The van der Waals surface area contributed by atoms with Gasteiger partial charge in [0, 0.05) is 19.9 Å². The summed E-state index contributed by atoms with van der Waals surface area (Å²) in [5.41, 5.74) is 0.460. The number of amides is 1. The van der Waals surface area contributed by atoms with Crippen molar-refractivity contribution in [3.8, 4) is 0 Å². The van der Waals surface area contributed by atoms with E-state index in [9.17, 15) is 9.59 Å². The smallest absolute Gasteiger partial charge is 0.258 e. The number of hydrogen-bond acceptors (Lipinski definition) is 4. The maximum Gasteiger partial charge on any atom is 0.258 e. The molecule has 24 heavy (non-hydrogen) atoms. The predicted octanol–water partition coefficient (Wildman–Crippen LogP) is 2.67. The minimum atomic E-state index is -0.180. The number of carbonyl (C=O) groups excluding carboxylic acids is 1. The minimum Gasteiger partial charge on any atom is -0.467 e. The molecule has 3 aromatic rings. The number of aromatic amines is 1. The van der Waals surface area contributed by atoms with Crippen LogP contribution in [0, 0.1) is 0 Å². The number of nitrogens with zero attached hydrogens (tertiary/aromatic N) is 2. The lowest BCUT2D eigenvalue weighted by Gasteiger charge is -2.23. The zero-order chi connectivity index (χ0) is 17.1. The molecule has 6 nitrogen and oxygen atoms in total. The first-order valence-electron chi connectivity index (χ1n) is 7.83. The molecule has 0 aliphatic heterocycles. The fourth-order valence-corrected chi connectivity index (χ4v) is 2.59. The van der Waals surface area contributed by atoms with E-state index in [1.54, 1.807) is 42.5 Å². The number of para-hydroxylation sites is 1. The second kappa shape index (κ2) is 6.70. The standard InChI is InChI=1S/C18H19N3O3/c1-12(15-8-5-11-24-15)21(2)17(22)10-9-16-19-14-7-4-3-6-13(14)18(23)20-16/h3-8,11-12H,9-10H2,1-2H3,(H,19,20,23). The molecule has 1 N–H and O–H groups in total. The molecule has 2 heterocycles. The summed E-state index contributed by atoms with van der Waals surface area (Å²) in [6.07, 6.45) is 2.24. The molecule has 1 amide bonds. The third kappa shape index (κ3) is 3.22. The number of rotatable bonds is 5. The van der Waals surface area contributed by atoms with Crippen molar-refractivity contribution in [3.05, 3.63) is 64.6 Å². The van der Waals surface area contributed by atoms with E-state index in [-0.39, 0.29) is 23.9 Å². The van der Waals surface area contributed by atoms with Gasteiger partial charge in [0.15, 0.2) is 0 Å². The molecule has 1 aromatic carbocycles. The van der Waals surface area contributed by atoms with Crippen LogP contribution in [0.3, 0.4) is 0 Å². The summed E-state index contributed by atoms with van der Waals surface area (Å²) in [5.74, 6) is 1.23. The van der Waals surface area contributed by atoms with E-state index in [0.29, 0.717) is 23.1 Å². The van der Waals surface area contributed by atoms with Crippen LogP contribution in [0.5, 0.6) is 0 Å². The molecular weight excluding hydrogens is 306 g/mol. The van der Waals surface area contributed by atoms with Gasteiger partial charge in [-0.1, -0.05) is 12.1 Å². The summed E-state index contributed by atoms with van der Waals surface area (Å²) in [5, 5.41) is 0.552. The highest BCUT2D eigenvalue weighted by atomic mass is 16.3. The first-order chi connectivity index (χ1) is 11.6. The average molecular weight is 325 g/mol. The summed E-state index contributed by atoms with van der Waals surface area (Å²) in [6, 6.07) is 10.7. The molecule has 1 atom stereocenters. The summed E-state index contributed by atoms with van der Waals surface area (Å²) in [4.78, 5) is 33.2. The van der Waals surface area contributed by atoms with E-state index in [0.717, 1.165) is 5.76 Å². The largest absolute Gasteiger partial charge is 0.467 e. The van der Waals surface area contributed by atoms with Crippen molar-refractivity contribution >= 4 is 16.8 Å². The normalized spacial score (nSPS) is 12.2. The Morgan fingerprint density at radius 1 is 1.29 bits per heavy atom. The van der Waals surface area contributed by atoms with Crippen molar-refractivity contribution in [2.75, 3.05) is 7.05 Å². The number of aromatic nitrogens is 2. The van der Waals surface area contributed by atoms with Gasteiger partial charge in [-0.3, -0.25) is 9.59 Å². The molecule has 0 saturated heterocycles. The van der Waals surface area contributed by atoms with E-state index >= 15 is 0 Å². The van der Waals surface area contributed by atoms with Crippen LogP contribution in [0.4, 0.5) is 0 Å². The topological polar surface area (TPSA) is 79.2 Å². The Kier molecular flexibility index (Phi) is 4.46. The molecular formula is C18H19N3O3. The van der Waals surface area contributed by atoms with Crippen LogP contribution in [0.25, 0.3) is 10.9 Å². The van der Waals surface area contributed by atoms with Crippen molar-refractivity contribution in [2.24, 2.45) is 0 Å². The molecule has 0 aliphatic carbocycles. The van der Waals surface area contributed by atoms with Gasteiger partial charge in [-0.05, 0) is 31.2 Å². The molecule has 0 bridgehead atoms. The molecule has 6 heteroatoms. The third-order valence-corrected chi connectivity index (χ3v) is 4.17. The quantitative estimate of drug-likeness (QED) is 0.782. The minimum absolute atomic E-state index is 0.0327.